The Morgan fingerprint density at radius 3 is 2.63 bits per heavy atom. The molecule has 2 aliphatic rings. The fourth-order valence-corrected chi connectivity index (χ4v) is 4.61. The predicted molar refractivity (Wildman–Crippen MR) is 132 cm³/mol. The van der Waals surface area contributed by atoms with Crippen molar-refractivity contribution in [3.05, 3.63) is 71.6 Å². The number of rotatable bonds is 1. The summed E-state index contributed by atoms with van der Waals surface area (Å²) in [6.45, 7) is 3.51. The lowest BCUT2D eigenvalue weighted by Crippen LogP contribution is -2.51. The van der Waals surface area contributed by atoms with Crippen molar-refractivity contribution in [1.82, 2.24) is 20.5 Å². The number of likely N-dealkylation sites (tertiary alicyclic amines) is 1. The summed E-state index contributed by atoms with van der Waals surface area (Å²) in [4.78, 5) is 44.4. The second-order valence-electron chi connectivity index (χ2n) is 9.21. The van der Waals surface area contributed by atoms with Crippen molar-refractivity contribution in [3.8, 4) is 5.75 Å². The second kappa shape index (κ2) is 11.2. The van der Waals surface area contributed by atoms with Crippen LogP contribution in [0.5, 0.6) is 5.75 Å². The molecule has 1 aromatic carbocycles. The Kier molecular flexibility index (Phi) is 7.80. The fourth-order valence-electron chi connectivity index (χ4n) is 4.61. The van der Waals surface area contributed by atoms with Gasteiger partial charge in [-0.1, -0.05) is 30.4 Å². The molecule has 8 nitrogen and oxygen atoms in total. The van der Waals surface area contributed by atoms with Crippen molar-refractivity contribution in [3.63, 3.8) is 0 Å². The maximum Gasteiger partial charge on any atom is 0.258 e. The molecule has 3 heterocycles. The van der Waals surface area contributed by atoms with Crippen LogP contribution >= 0.6 is 0 Å². The molecule has 3 amide bonds. The SMILES string of the molecule is Cc1cncc(C(=O)N2CCC3(C/C=C/Cc4ccccc4OCC(=O)NCCNC3=O)CC2)c1. The first-order valence-corrected chi connectivity index (χ1v) is 12.1. The van der Waals surface area contributed by atoms with Crippen LogP contribution in [0.1, 0.15) is 40.7 Å². The van der Waals surface area contributed by atoms with Crippen LogP contribution in [0.3, 0.4) is 0 Å². The first-order valence-electron chi connectivity index (χ1n) is 12.1. The van der Waals surface area contributed by atoms with E-state index in [1.54, 1.807) is 12.4 Å². The summed E-state index contributed by atoms with van der Waals surface area (Å²) in [5.41, 5.74) is 1.90. The number of para-hydroxylation sites is 1. The zero-order valence-corrected chi connectivity index (χ0v) is 20.1. The zero-order chi connectivity index (χ0) is 24.7. The summed E-state index contributed by atoms with van der Waals surface area (Å²) >= 11 is 0. The fraction of sp³-hybridized carbons (Fsp3) is 0.407. The summed E-state index contributed by atoms with van der Waals surface area (Å²) in [5, 5.41) is 5.78. The van der Waals surface area contributed by atoms with Crippen LogP contribution in [0.2, 0.25) is 0 Å². The van der Waals surface area contributed by atoms with Crippen LogP contribution in [0.25, 0.3) is 0 Å². The van der Waals surface area contributed by atoms with Gasteiger partial charge in [-0.3, -0.25) is 19.4 Å². The molecule has 1 aromatic heterocycles. The molecular weight excluding hydrogens is 444 g/mol. The molecule has 35 heavy (non-hydrogen) atoms. The van der Waals surface area contributed by atoms with E-state index < -0.39 is 5.41 Å². The first-order chi connectivity index (χ1) is 17.0. The molecule has 0 unspecified atom stereocenters. The summed E-state index contributed by atoms with van der Waals surface area (Å²) in [7, 11) is 0. The Labute approximate surface area is 205 Å². The molecule has 2 N–H and O–H groups in total. The summed E-state index contributed by atoms with van der Waals surface area (Å²) in [6.07, 6.45) is 9.79. The monoisotopic (exact) mass is 476 g/mol. The highest BCUT2D eigenvalue weighted by Crippen LogP contribution is 2.36. The Bertz CT molecular complexity index is 1110. The molecule has 8 heteroatoms. The Hall–Kier alpha value is -3.68. The molecule has 1 fully saturated rings. The van der Waals surface area contributed by atoms with Crippen LogP contribution in [-0.4, -0.2) is 60.4 Å². The highest BCUT2D eigenvalue weighted by Gasteiger charge is 2.41. The molecule has 2 aliphatic heterocycles. The van der Waals surface area contributed by atoms with Gasteiger partial charge in [0.1, 0.15) is 5.75 Å². The number of piperidine rings is 1. The van der Waals surface area contributed by atoms with E-state index in [1.165, 1.54) is 0 Å². The Balaban J connectivity index is 1.48. The second-order valence-corrected chi connectivity index (χ2v) is 9.21. The van der Waals surface area contributed by atoms with Crippen molar-refractivity contribution in [1.29, 1.82) is 0 Å². The van der Waals surface area contributed by atoms with Gasteiger partial charge in [0.05, 0.1) is 11.0 Å². The first kappa shape index (κ1) is 24.4. The number of carbonyl (C=O) groups excluding carboxylic acids is 3. The molecule has 1 spiro atoms. The Morgan fingerprint density at radius 1 is 1.06 bits per heavy atom. The van der Waals surface area contributed by atoms with Gasteiger partial charge in [-0.15, -0.1) is 0 Å². The molecule has 0 bridgehead atoms. The minimum Gasteiger partial charge on any atom is -0.483 e. The number of aromatic nitrogens is 1. The molecule has 184 valence electrons. The van der Waals surface area contributed by atoms with Gasteiger partial charge in [-0.2, -0.15) is 0 Å². The number of benzene rings is 1. The summed E-state index contributed by atoms with van der Waals surface area (Å²) in [6, 6.07) is 9.50. The lowest BCUT2D eigenvalue weighted by Gasteiger charge is -2.40. The lowest BCUT2D eigenvalue weighted by molar-refractivity contribution is -0.133. The van der Waals surface area contributed by atoms with Gasteiger partial charge in [0.15, 0.2) is 6.61 Å². The number of allylic oxidation sites excluding steroid dienone is 2. The highest BCUT2D eigenvalue weighted by atomic mass is 16.5. The minimum absolute atomic E-state index is 0.0350. The van der Waals surface area contributed by atoms with E-state index in [0.29, 0.717) is 63.2 Å². The molecule has 0 radical (unpaired) electrons. The number of aryl methyl sites for hydroxylation is 1. The van der Waals surface area contributed by atoms with E-state index in [2.05, 4.69) is 21.7 Å². The standard InChI is InChI=1S/C27H32N4O4/c1-20-16-22(18-28-17-20)25(33)31-14-10-27(11-15-31)9-5-4-7-21-6-2-3-8-23(21)35-19-24(32)29-12-13-30-26(27)34/h2-6,8,16-18H,7,9-15,19H2,1H3,(H,29,32)(H,30,34)/b5-4+. The molecule has 0 atom stereocenters. The van der Waals surface area contributed by atoms with E-state index in [-0.39, 0.29) is 24.3 Å². The van der Waals surface area contributed by atoms with Crippen LogP contribution < -0.4 is 15.4 Å². The van der Waals surface area contributed by atoms with Crippen molar-refractivity contribution in [2.75, 3.05) is 32.8 Å². The van der Waals surface area contributed by atoms with E-state index in [0.717, 1.165) is 11.1 Å². The van der Waals surface area contributed by atoms with Crippen LogP contribution in [0, 0.1) is 12.3 Å². The number of nitrogens with zero attached hydrogens (tertiary/aromatic N) is 2. The van der Waals surface area contributed by atoms with Crippen molar-refractivity contribution in [2.24, 2.45) is 5.41 Å². The molecule has 4 rings (SSSR count). The van der Waals surface area contributed by atoms with E-state index in [4.69, 9.17) is 4.74 Å². The normalized spacial score (nSPS) is 19.9. The summed E-state index contributed by atoms with van der Waals surface area (Å²) in [5.74, 6) is 0.367. The van der Waals surface area contributed by atoms with Crippen molar-refractivity contribution >= 4 is 17.7 Å². The van der Waals surface area contributed by atoms with Gasteiger partial charge in [0, 0.05) is 38.6 Å². The number of hydrogen-bond acceptors (Lipinski definition) is 5. The van der Waals surface area contributed by atoms with Gasteiger partial charge in [-0.05, 0) is 55.9 Å². The van der Waals surface area contributed by atoms with E-state index in [1.807, 2.05) is 48.2 Å². The van der Waals surface area contributed by atoms with Crippen LogP contribution in [-0.2, 0) is 16.0 Å². The minimum atomic E-state index is -0.599. The predicted octanol–water partition coefficient (Wildman–Crippen LogP) is 2.43. The van der Waals surface area contributed by atoms with Gasteiger partial charge in [-0.25, -0.2) is 0 Å². The highest BCUT2D eigenvalue weighted by molar-refractivity contribution is 5.94. The molecular formula is C27H32N4O4. The molecule has 2 aromatic rings. The van der Waals surface area contributed by atoms with E-state index in [9.17, 15) is 14.4 Å². The number of fused-ring (bicyclic) bond motifs is 1. The third-order valence-electron chi connectivity index (χ3n) is 6.69. The van der Waals surface area contributed by atoms with Crippen molar-refractivity contribution < 1.29 is 19.1 Å². The van der Waals surface area contributed by atoms with E-state index >= 15 is 0 Å². The smallest absolute Gasteiger partial charge is 0.258 e. The largest absolute Gasteiger partial charge is 0.483 e. The van der Waals surface area contributed by atoms with Crippen LogP contribution in [0.4, 0.5) is 0 Å². The third kappa shape index (κ3) is 6.07. The average molecular weight is 477 g/mol. The maximum atomic E-state index is 13.3. The number of ether oxygens (including phenoxy) is 1. The third-order valence-corrected chi connectivity index (χ3v) is 6.69. The summed E-state index contributed by atoms with van der Waals surface area (Å²) < 4.78 is 5.71. The number of nitrogens with one attached hydrogen (secondary N) is 2. The van der Waals surface area contributed by atoms with Gasteiger partial charge in [0.2, 0.25) is 5.91 Å². The average Bonchev–Trinajstić information content (AvgIpc) is 2.88. The van der Waals surface area contributed by atoms with Gasteiger partial charge >= 0.3 is 0 Å². The van der Waals surface area contributed by atoms with Crippen LogP contribution in [0.15, 0.2) is 54.9 Å². The topological polar surface area (TPSA) is 101 Å². The number of carbonyl (C=O) groups is 3. The number of hydrogen-bond donors (Lipinski definition) is 2. The lowest BCUT2D eigenvalue weighted by atomic mass is 9.74. The van der Waals surface area contributed by atoms with Gasteiger partial charge < -0.3 is 20.3 Å². The molecule has 1 saturated heterocycles. The number of amides is 3. The Morgan fingerprint density at radius 2 is 1.83 bits per heavy atom. The number of pyridine rings is 1. The molecule has 0 saturated carbocycles. The van der Waals surface area contributed by atoms with Gasteiger partial charge in [0.25, 0.3) is 11.8 Å². The molecule has 0 aliphatic carbocycles. The van der Waals surface area contributed by atoms with Crippen molar-refractivity contribution in [2.45, 2.75) is 32.6 Å². The zero-order valence-electron chi connectivity index (χ0n) is 20.1. The maximum absolute atomic E-state index is 13.3. The quantitative estimate of drug-likeness (QED) is 0.616.